The monoisotopic (exact) mass is 372 g/mol. The van der Waals surface area contributed by atoms with E-state index in [1.54, 1.807) is 0 Å². The van der Waals surface area contributed by atoms with Gasteiger partial charge in [-0.15, -0.1) is 11.6 Å². The van der Waals surface area contributed by atoms with Gasteiger partial charge in [-0.1, -0.05) is 0 Å². The number of hydrogen-bond donors (Lipinski definition) is 5. The lowest BCUT2D eigenvalue weighted by Crippen LogP contribution is -2.71. The van der Waals surface area contributed by atoms with E-state index in [4.69, 9.17) is 16.3 Å². The summed E-state index contributed by atoms with van der Waals surface area (Å²) in [5, 5.41) is 18.1. The first kappa shape index (κ1) is 18.4. The molecule has 7 heteroatoms. The van der Waals surface area contributed by atoms with E-state index in [1.807, 2.05) is 0 Å². The molecule has 1 saturated carbocycles. The van der Waals surface area contributed by atoms with Crippen LogP contribution in [0.5, 0.6) is 0 Å². The Labute approximate surface area is 155 Å². The highest BCUT2D eigenvalue weighted by molar-refractivity contribution is 6.20. The number of hydrogen-bond acceptors (Lipinski definition) is 6. The molecule has 144 valence electrons. The number of alkyl halides is 1. The van der Waals surface area contributed by atoms with Crippen LogP contribution in [-0.4, -0.2) is 61.1 Å². The SMILES string of the molecule is OC1CC(Cl)CCC1C1NNC(NC2CCOCC2)C2CNCCC21. The summed E-state index contributed by atoms with van der Waals surface area (Å²) in [4.78, 5) is 0. The standard InChI is InChI=1S/C18H33ClN4O2/c19-11-1-2-14(16(24)9-11)17-13-3-6-20-10-15(13)18(23-22-17)21-12-4-7-25-8-5-12/h11-18,20-24H,1-10H2. The second kappa shape index (κ2) is 8.38. The van der Waals surface area contributed by atoms with Gasteiger partial charge in [0.1, 0.15) is 0 Å². The molecule has 4 fully saturated rings. The van der Waals surface area contributed by atoms with Crippen molar-refractivity contribution in [2.75, 3.05) is 26.3 Å². The summed E-state index contributed by atoms with van der Waals surface area (Å²) in [5.74, 6) is 1.44. The van der Waals surface area contributed by atoms with Crippen molar-refractivity contribution in [2.45, 2.75) is 68.3 Å². The minimum Gasteiger partial charge on any atom is -0.393 e. The van der Waals surface area contributed by atoms with E-state index >= 15 is 0 Å². The van der Waals surface area contributed by atoms with Crippen molar-refractivity contribution >= 4 is 11.6 Å². The van der Waals surface area contributed by atoms with E-state index in [0.717, 1.165) is 58.4 Å². The zero-order valence-corrected chi connectivity index (χ0v) is 15.7. The Bertz CT molecular complexity index is 437. The highest BCUT2D eigenvalue weighted by atomic mass is 35.5. The number of hydrazine groups is 1. The summed E-state index contributed by atoms with van der Waals surface area (Å²) >= 11 is 6.26. The van der Waals surface area contributed by atoms with Crippen LogP contribution in [0.1, 0.15) is 38.5 Å². The summed E-state index contributed by atoms with van der Waals surface area (Å²) in [5.41, 5.74) is 7.16. The molecule has 6 nitrogen and oxygen atoms in total. The van der Waals surface area contributed by atoms with Crippen LogP contribution in [0.2, 0.25) is 0 Å². The maximum absolute atomic E-state index is 10.6. The van der Waals surface area contributed by atoms with Gasteiger partial charge >= 0.3 is 0 Å². The lowest BCUT2D eigenvalue weighted by molar-refractivity contribution is -0.0247. The Morgan fingerprint density at radius 3 is 2.60 bits per heavy atom. The maximum Gasteiger partial charge on any atom is 0.0750 e. The largest absolute Gasteiger partial charge is 0.393 e. The number of halogens is 1. The van der Waals surface area contributed by atoms with Crippen LogP contribution in [0.4, 0.5) is 0 Å². The number of aliphatic hydroxyl groups is 1. The fourth-order valence-electron chi connectivity index (χ4n) is 5.36. The average Bonchev–Trinajstić information content (AvgIpc) is 2.64. The average molecular weight is 373 g/mol. The summed E-state index contributed by atoms with van der Waals surface area (Å²) in [6.45, 7) is 3.84. The summed E-state index contributed by atoms with van der Waals surface area (Å²) in [7, 11) is 0. The molecular weight excluding hydrogens is 340 g/mol. The van der Waals surface area contributed by atoms with Crippen molar-refractivity contribution in [3.05, 3.63) is 0 Å². The fraction of sp³-hybridized carbons (Fsp3) is 1.00. The van der Waals surface area contributed by atoms with Crippen LogP contribution in [0, 0.1) is 17.8 Å². The Morgan fingerprint density at radius 1 is 0.960 bits per heavy atom. The van der Waals surface area contributed by atoms with Gasteiger partial charge in [0.25, 0.3) is 0 Å². The number of aliphatic hydroxyl groups excluding tert-OH is 1. The van der Waals surface area contributed by atoms with Gasteiger partial charge in [-0.3, -0.25) is 10.7 Å². The third kappa shape index (κ3) is 4.15. The molecule has 3 saturated heterocycles. The van der Waals surface area contributed by atoms with Crippen LogP contribution in [0.15, 0.2) is 0 Å². The molecular formula is C18H33ClN4O2. The molecule has 0 aromatic heterocycles. The molecule has 25 heavy (non-hydrogen) atoms. The van der Waals surface area contributed by atoms with Gasteiger partial charge in [-0.05, 0) is 51.0 Å². The minimum atomic E-state index is -0.286. The second-order valence-corrected chi connectivity index (χ2v) is 8.92. The maximum atomic E-state index is 10.6. The van der Waals surface area contributed by atoms with Crippen molar-refractivity contribution < 1.29 is 9.84 Å². The molecule has 4 aliphatic rings. The van der Waals surface area contributed by atoms with Crippen LogP contribution >= 0.6 is 11.6 Å². The summed E-state index contributed by atoms with van der Waals surface area (Å²) < 4.78 is 5.49. The van der Waals surface area contributed by atoms with E-state index in [1.165, 1.54) is 6.42 Å². The van der Waals surface area contributed by atoms with Crippen LogP contribution < -0.4 is 21.5 Å². The first-order valence-electron chi connectivity index (χ1n) is 10.1. The molecule has 7 unspecified atom stereocenters. The molecule has 0 amide bonds. The molecule has 7 atom stereocenters. The first-order chi connectivity index (χ1) is 12.2. The van der Waals surface area contributed by atoms with Gasteiger partial charge in [0, 0.05) is 49.1 Å². The molecule has 4 rings (SSSR count). The van der Waals surface area contributed by atoms with Gasteiger partial charge < -0.3 is 15.2 Å². The second-order valence-electron chi connectivity index (χ2n) is 8.31. The third-order valence-electron chi connectivity index (χ3n) is 6.78. The van der Waals surface area contributed by atoms with Gasteiger partial charge in [0.15, 0.2) is 0 Å². The number of ether oxygens (including phenoxy) is 1. The van der Waals surface area contributed by atoms with Gasteiger partial charge in [0.2, 0.25) is 0 Å². The molecule has 0 radical (unpaired) electrons. The molecule has 0 bridgehead atoms. The predicted molar refractivity (Wildman–Crippen MR) is 98.3 cm³/mol. The Kier molecular flexibility index (Phi) is 6.17. The van der Waals surface area contributed by atoms with Crippen molar-refractivity contribution in [1.29, 1.82) is 0 Å². The molecule has 0 aromatic carbocycles. The first-order valence-corrected chi connectivity index (χ1v) is 10.5. The van der Waals surface area contributed by atoms with Crippen LogP contribution in [0.25, 0.3) is 0 Å². The van der Waals surface area contributed by atoms with Gasteiger partial charge in [-0.25, -0.2) is 5.43 Å². The van der Waals surface area contributed by atoms with E-state index in [9.17, 15) is 5.11 Å². The Morgan fingerprint density at radius 2 is 1.80 bits per heavy atom. The number of rotatable bonds is 3. The van der Waals surface area contributed by atoms with Crippen molar-refractivity contribution in [1.82, 2.24) is 21.5 Å². The van der Waals surface area contributed by atoms with E-state index in [2.05, 4.69) is 21.5 Å². The lowest BCUT2D eigenvalue weighted by Gasteiger charge is -2.51. The third-order valence-corrected chi connectivity index (χ3v) is 7.18. The highest BCUT2D eigenvalue weighted by Crippen LogP contribution is 2.38. The zero-order chi connectivity index (χ0) is 17.2. The van der Waals surface area contributed by atoms with Crippen molar-refractivity contribution in [2.24, 2.45) is 17.8 Å². The molecule has 5 N–H and O–H groups in total. The number of piperidine rings is 1. The highest BCUT2D eigenvalue weighted by Gasteiger charge is 2.46. The molecule has 3 aliphatic heterocycles. The quantitative estimate of drug-likeness (QED) is 0.466. The molecule has 3 heterocycles. The molecule has 1 aliphatic carbocycles. The Hall–Kier alpha value is 0.0500. The minimum absolute atomic E-state index is 0.134. The van der Waals surface area contributed by atoms with Crippen molar-refractivity contribution in [3.8, 4) is 0 Å². The molecule has 0 spiro atoms. The van der Waals surface area contributed by atoms with Gasteiger partial charge in [0.05, 0.1) is 12.3 Å². The predicted octanol–water partition coefficient (Wildman–Crippen LogP) is 0.552. The Balaban J connectivity index is 1.42. The topological polar surface area (TPSA) is 77.6 Å². The fourth-order valence-corrected chi connectivity index (χ4v) is 5.67. The summed E-state index contributed by atoms with van der Waals surface area (Å²) in [6, 6.07) is 0.864. The van der Waals surface area contributed by atoms with E-state index in [0.29, 0.717) is 29.8 Å². The normalized spacial score (nSPS) is 46.6. The van der Waals surface area contributed by atoms with Crippen LogP contribution in [0.3, 0.4) is 0 Å². The smallest absolute Gasteiger partial charge is 0.0750 e. The van der Waals surface area contributed by atoms with Gasteiger partial charge in [-0.2, -0.15) is 0 Å². The van der Waals surface area contributed by atoms with E-state index in [-0.39, 0.29) is 17.6 Å². The lowest BCUT2D eigenvalue weighted by atomic mass is 9.69. The van der Waals surface area contributed by atoms with Crippen molar-refractivity contribution in [3.63, 3.8) is 0 Å². The van der Waals surface area contributed by atoms with E-state index < -0.39 is 0 Å². The number of fused-ring (bicyclic) bond motifs is 1. The number of nitrogens with one attached hydrogen (secondary N) is 4. The zero-order valence-electron chi connectivity index (χ0n) is 14.9. The van der Waals surface area contributed by atoms with Crippen LogP contribution in [-0.2, 0) is 4.74 Å². The molecule has 0 aromatic rings. The summed E-state index contributed by atoms with van der Waals surface area (Å²) in [6.07, 6.45) is 6.09.